The molecule has 4 bridgehead atoms. The quantitative estimate of drug-likeness (QED) is 0.543. The van der Waals surface area contributed by atoms with Crippen molar-refractivity contribution in [2.45, 2.75) is 38.5 Å². The lowest BCUT2D eigenvalue weighted by Crippen LogP contribution is -2.38. The lowest BCUT2D eigenvalue weighted by molar-refractivity contribution is 0.0198. The van der Waals surface area contributed by atoms with E-state index in [1.807, 2.05) is 0 Å². The number of hydrogen-bond acceptors (Lipinski definition) is 3. The highest BCUT2D eigenvalue weighted by atomic mass is 31.2. The predicted molar refractivity (Wildman–Crippen MR) is 57.2 cm³/mol. The topological polar surface area (TPSA) is 66.5 Å². The van der Waals surface area contributed by atoms with Gasteiger partial charge in [0, 0.05) is 0 Å². The SMILES string of the molecule is C1C2CC3CC1CC(C2)C3.NP(O)O. The van der Waals surface area contributed by atoms with E-state index in [0.29, 0.717) is 0 Å². The number of hydrogen-bond donors (Lipinski definition) is 3. The summed E-state index contributed by atoms with van der Waals surface area (Å²) in [5.74, 6) is 4.71. The Bertz CT molecular complexity index is 139. The molecule has 3 nitrogen and oxygen atoms in total. The fraction of sp³-hybridized carbons (Fsp3) is 1.00. The maximum atomic E-state index is 7.45. The smallest absolute Gasteiger partial charge is 0.247 e. The van der Waals surface area contributed by atoms with Crippen molar-refractivity contribution in [1.29, 1.82) is 0 Å². The molecular formula is C10H20NO2P. The number of nitrogens with two attached hydrogens (primary N) is 1. The van der Waals surface area contributed by atoms with Crippen molar-refractivity contribution in [3.8, 4) is 0 Å². The summed E-state index contributed by atoms with van der Waals surface area (Å²) in [5, 5.41) is 0. The van der Waals surface area contributed by atoms with Crippen LogP contribution >= 0.6 is 8.53 Å². The standard InChI is InChI=1S/C10H16.H4NO2P/c1-7-2-9-4-8(1)5-10(3-7)6-9;1-4(2)3/h7-10H,1-6H2;2-3H,1H2. The van der Waals surface area contributed by atoms with Crippen LogP contribution in [0.5, 0.6) is 0 Å². The first kappa shape index (κ1) is 10.8. The lowest BCUT2D eigenvalue weighted by Gasteiger charge is -2.49. The third kappa shape index (κ3) is 2.66. The molecule has 0 saturated heterocycles. The fourth-order valence-corrected chi connectivity index (χ4v) is 3.98. The van der Waals surface area contributed by atoms with Gasteiger partial charge in [-0.25, -0.2) is 0 Å². The highest BCUT2D eigenvalue weighted by Gasteiger charge is 2.41. The van der Waals surface area contributed by atoms with Crippen LogP contribution in [0.15, 0.2) is 0 Å². The van der Waals surface area contributed by atoms with Crippen molar-refractivity contribution in [1.82, 2.24) is 0 Å². The molecule has 4 aliphatic carbocycles. The van der Waals surface area contributed by atoms with Crippen LogP contribution in [0.4, 0.5) is 0 Å². The highest BCUT2D eigenvalue weighted by Crippen LogP contribution is 2.53. The van der Waals surface area contributed by atoms with E-state index < -0.39 is 8.53 Å². The van der Waals surface area contributed by atoms with Gasteiger partial charge in [0.15, 0.2) is 0 Å². The van der Waals surface area contributed by atoms with Gasteiger partial charge in [0.2, 0.25) is 8.53 Å². The Balaban J connectivity index is 0.000000165. The molecule has 4 fully saturated rings. The molecule has 0 aromatic heterocycles. The van der Waals surface area contributed by atoms with E-state index in [4.69, 9.17) is 9.79 Å². The average Bonchev–Trinajstić information content (AvgIpc) is 1.98. The summed E-state index contributed by atoms with van der Waals surface area (Å²) in [6, 6.07) is 0. The zero-order valence-corrected chi connectivity index (χ0v) is 9.37. The monoisotopic (exact) mass is 217 g/mol. The third-order valence-corrected chi connectivity index (χ3v) is 4.00. The van der Waals surface area contributed by atoms with Gasteiger partial charge in [-0.3, -0.25) is 5.50 Å². The zero-order valence-electron chi connectivity index (χ0n) is 8.47. The van der Waals surface area contributed by atoms with E-state index in [9.17, 15) is 0 Å². The van der Waals surface area contributed by atoms with E-state index in [1.165, 1.54) is 23.7 Å². The molecule has 0 spiro atoms. The molecule has 0 aliphatic heterocycles. The summed E-state index contributed by atoms with van der Waals surface area (Å²) < 4.78 is 0. The minimum atomic E-state index is -2.12. The van der Waals surface area contributed by atoms with Crippen LogP contribution in [0, 0.1) is 23.7 Å². The van der Waals surface area contributed by atoms with Crippen LogP contribution in [-0.2, 0) is 0 Å². The molecule has 0 heterocycles. The van der Waals surface area contributed by atoms with Crippen LogP contribution in [0.3, 0.4) is 0 Å². The van der Waals surface area contributed by atoms with Gasteiger partial charge in [-0.05, 0) is 62.2 Å². The van der Waals surface area contributed by atoms with Crippen LogP contribution in [0.2, 0.25) is 0 Å². The Morgan fingerprint density at radius 2 is 0.857 bits per heavy atom. The summed E-state index contributed by atoms with van der Waals surface area (Å²) in [4.78, 5) is 14.9. The van der Waals surface area contributed by atoms with Crippen molar-refractivity contribution in [2.24, 2.45) is 29.2 Å². The Hall–Kier alpha value is 0.310. The summed E-state index contributed by atoms with van der Waals surface area (Å²) in [7, 11) is -2.12. The zero-order chi connectivity index (χ0) is 10.1. The van der Waals surface area contributed by atoms with Crippen molar-refractivity contribution >= 4 is 8.53 Å². The first-order valence-corrected chi connectivity index (χ1v) is 6.87. The minimum Gasteiger partial charge on any atom is -0.338 e. The predicted octanol–water partition coefficient (Wildman–Crippen LogP) is 1.99. The van der Waals surface area contributed by atoms with Gasteiger partial charge in [0.05, 0.1) is 0 Å². The van der Waals surface area contributed by atoms with E-state index in [1.54, 1.807) is 38.5 Å². The molecule has 82 valence electrons. The molecule has 0 aromatic rings. The van der Waals surface area contributed by atoms with Crippen molar-refractivity contribution < 1.29 is 9.79 Å². The Kier molecular flexibility index (Phi) is 3.43. The van der Waals surface area contributed by atoms with Crippen molar-refractivity contribution in [3.63, 3.8) is 0 Å². The first-order valence-electron chi connectivity index (χ1n) is 5.56. The number of rotatable bonds is 0. The van der Waals surface area contributed by atoms with E-state index in [2.05, 4.69) is 5.50 Å². The van der Waals surface area contributed by atoms with Gasteiger partial charge >= 0.3 is 0 Å². The first-order chi connectivity index (χ1) is 6.63. The second kappa shape index (κ2) is 4.44. The van der Waals surface area contributed by atoms with Crippen LogP contribution in [0.25, 0.3) is 0 Å². The van der Waals surface area contributed by atoms with Gasteiger partial charge in [0.1, 0.15) is 0 Å². The molecule has 14 heavy (non-hydrogen) atoms. The summed E-state index contributed by atoms with van der Waals surface area (Å²) >= 11 is 0. The minimum absolute atomic E-state index is 1.18. The maximum Gasteiger partial charge on any atom is 0.247 e. The Morgan fingerprint density at radius 3 is 1.00 bits per heavy atom. The van der Waals surface area contributed by atoms with Crippen molar-refractivity contribution in [3.05, 3.63) is 0 Å². The molecule has 4 N–H and O–H groups in total. The summed E-state index contributed by atoms with van der Waals surface area (Å²) in [6.07, 6.45) is 9.62. The van der Waals surface area contributed by atoms with Gasteiger partial charge < -0.3 is 9.79 Å². The second-order valence-electron chi connectivity index (χ2n) is 5.20. The third-order valence-electron chi connectivity index (χ3n) is 4.00. The molecular weight excluding hydrogens is 197 g/mol. The molecule has 0 atom stereocenters. The molecule has 4 rings (SSSR count). The largest absolute Gasteiger partial charge is 0.338 e. The maximum absolute atomic E-state index is 7.45. The lowest BCUT2D eigenvalue weighted by atomic mass is 9.56. The van der Waals surface area contributed by atoms with Crippen LogP contribution in [0.1, 0.15) is 38.5 Å². The summed E-state index contributed by atoms with van der Waals surface area (Å²) in [6.45, 7) is 0. The molecule has 4 heteroatoms. The molecule has 0 radical (unpaired) electrons. The van der Waals surface area contributed by atoms with Gasteiger partial charge in [-0.1, -0.05) is 0 Å². The van der Waals surface area contributed by atoms with E-state index >= 15 is 0 Å². The van der Waals surface area contributed by atoms with Crippen LogP contribution < -0.4 is 5.50 Å². The second-order valence-corrected chi connectivity index (χ2v) is 5.84. The fourth-order valence-electron chi connectivity index (χ4n) is 3.98. The van der Waals surface area contributed by atoms with E-state index in [-0.39, 0.29) is 0 Å². The molecule has 0 aromatic carbocycles. The van der Waals surface area contributed by atoms with Crippen LogP contribution in [-0.4, -0.2) is 9.79 Å². The molecule has 4 saturated carbocycles. The average molecular weight is 217 g/mol. The van der Waals surface area contributed by atoms with E-state index in [0.717, 1.165) is 0 Å². The molecule has 4 aliphatic rings. The Morgan fingerprint density at radius 1 is 0.714 bits per heavy atom. The summed E-state index contributed by atoms with van der Waals surface area (Å²) in [5.41, 5.74) is 4.29. The van der Waals surface area contributed by atoms with Crippen molar-refractivity contribution in [2.75, 3.05) is 0 Å². The molecule has 0 amide bonds. The van der Waals surface area contributed by atoms with Gasteiger partial charge in [-0.15, -0.1) is 0 Å². The van der Waals surface area contributed by atoms with Gasteiger partial charge in [-0.2, -0.15) is 0 Å². The Labute approximate surface area is 86.7 Å². The van der Waals surface area contributed by atoms with Gasteiger partial charge in [0.25, 0.3) is 0 Å². The highest BCUT2D eigenvalue weighted by molar-refractivity contribution is 7.42. The molecule has 0 unspecified atom stereocenters. The normalized spacial score (nSPS) is 43.7.